The predicted molar refractivity (Wildman–Crippen MR) is 65.4 cm³/mol. The van der Waals surface area contributed by atoms with Gasteiger partial charge in [0.2, 0.25) is 0 Å². The Balaban J connectivity index is 2.22. The van der Waals surface area contributed by atoms with E-state index in [4.69, 9.17) is 18.0 Å². The standard InChI is InChI=1S/C10H9N5S/c11-10(16)9-3-7(1-2-14-9)15-8-4-12-6-13-5-8/h1-6H,(H2,11,16)(H,14,15). The Bertz CT molecular complexity index is 500. The molecule has 0 aliphatic heterocycles. The average Bonchev–Trinajstić information content (AvgIpc) is 2.30. The average molecular weight is 231 g/mol. The molecule has 0 amide bonds. The summed E-state index contributed by atoms with van der Waals surface area (Å²) in [7, 11) is 0. The third-order valence-electron chi connectivity index (χ3n) is 1.86. The van der Waals surface area contributed by atoms with Crippen molar-refractivity contribution < 1.29 is 0 Å². The second kappa shape index (κ2) is 4.63. The molecule has 0 radical (unpaired) electrons. The Morgan fingerprint density at radius 3 is 2.69 bits per heavy atom. The number of rotatable bonds is 3. The number of pyridine rings is 1. The lowest BCUT2D eigenvalue weighted by atomic mass is 10.3. The van der Waals surface area contributed by atoms with Crippen LogP contribution in [0.5, 0.6) is 0 Å². The number of hydrogen-bond donors (Lipinski definition) is 2. The highest BCUT2D eigenvalue weighted by atomic mass is 32.1. The monoisotopic (exact) mass is 231 g/mol. The van der Waals surface area contributed by atoms with Gasteiger partial charge in [-0.05, 0) is 12.1 Å². The van der Waals surface area contributed by atoms with Gasteiger partial charge in [-0.25, -0.2) is 9.97 Å². The summed E-state index contributed by atoms with van der Waals surface area (Å²) in [4.78, 5) is 12.1. The molecule has 0 saturated heterocycles. The van der Waals surface area contributed by atoms with E-state index in [1.165, 1.54) is 6.33 Å². The van der Waals surface area contributed by atoms with Crippen molar-refractivity contribution in [2.75, 3.05) is 5.32 Å². The first-order valence-corrected chi connectivity index (χ1v) is 4.94. The first-order valence-electron chi connectivity index (χ1n) is 4.53. The molecule has 2 aromatic heterocycles. The molecule has 2 heterocycles. The summed E-state index contributed by atoms with van der Waals surface area (Å²) >= 11 is 4.85. The first kappa shape index (κ1) is 10.4. The van der Waals surface area contributed by atoms with Crippen LogP contribution in [-0.4, -0.2) is 19.9 Å². The molecule has 5 nitrogen and oxygen atoms in total. The van der Waals surface area contributed by atoms with Gasteiger partial charge in [0.25, 0.3) is 0 Å². The molecule has 0 bridgehead atoms. The van der Waals surface area contributed by atoms with E-state index in [1.807, 2.05) is 6.07 Å². The Kier molecular flexibility index (Phi) is 3.02. The topological polar surface area (TPSA) is 76.7 Å². The molecule has 80 valence electrons. The van der Waals surface area contributed by atoms with E-state index in [-0.39, 0.29) is 4.99 Å². The Morgan fingerprint density at radius 2 is 2.00 bits per heavy atom. The van der Waals surface area contributed by atoms with E-state index >= 15 is 0 Å². The molecule has 2 aromatic rings. The van der Waals surface area contributed by atoms with Crippen molar-refractivity contribution in [3.63, 3.8) is 0 Å². The highest BCUT2D eigenvalue weighted by Gasteiger charge is 2.00. The van der Waals surface area contributed by atoms with Crippen molar-refractivity contribution in [3.8, 4) is 0 Å². The van der Waals surface area contributed by atoms with Gasteiger partial charge in [-0.15, -0.1) is 0 Å². The van der Waals surface area contributed by atoms with E-state index in [1.54, 1.807) is 24.7 Å². The minimum atomic E-state index is 0.271. The quantitative estimate of drug-likeness (QED) is 0.774. The molecule has 0 saturated carbocycles. The van der Waals surface area contributed by atoms with E-state index in [0.29, 0.717) is 5.69 Å². The van der Waals surface area contributed by atoms with E-state index < -0.39 is 0 Å². The maximum atomic E-state index is 5.49. The fourth-order valence-electron chi connectivity index (χ4n) is 1.17. The molecule has 0 aliphatic carbocycles. The lowest BCUT2D eigenvalue weighted by molar-refractivity contribution is 1.17. The third-order valence-corrected chi connectivity index (χ3v) is 2.07. The molecule has 0 spiro atoms. The van der Waals surface area contributed by atoms with E-state index in [0.717, 1.165) is 11.4 Å². The van der Waals surface area contributed by atoms with Gasteiger partial charge >= 0.3 is 0 Å². The van der Waals surface area contributed by atoms with E-state index in [9.17, 15) is 0 Å². The molecule has 3 N–H and O–H groups in total. The number of nitrogens with one attached hydrogen (secondary N) is 1. The van der Waals surface area contributed by atoms with Crippen molar-refractivity contribution in [3.05, 3.63) is 42.7 Å². The predicted octanol–water partition coefficient (Wildman–Crippen LogP) is 1.25. The smallest absolute Gasteiger partial charge is 0.122 e. The SMILES string of the molecule is NC(=S)c1cc(Nc2cncnc2)ccn1. The molecule has 0 aliphatic rings. The second-order valence-electron chi connectivity index (χ2n) is 3.05. The van der Waals surface area contributed by atoms with E-state index in [2.05, 4.69) is 20.3 Å². The normalized spacial score (nSPS) is 9.75. The third kappa shape index (κ3) is 2.48. The minimum Gasteiger partial charge on any atom is -0.388 e. The van der Waals surface area contributed by atoms with Crippen molar-refractivity contribution in [1.29, 1.82) is 0 Å². The molecular formula is C10H9N5S. The summed E-state index contributed by atoms with van der Waals surface area (Å²) in [6.45, 7) is 0. The fraction of sp³-hybridized carbons (Fsp3) is 0. The summed E-state index contributed by atoms with van der Waals surface area (Å²) in [5.74, 6) is 0. The summed E-state index contributed by atoms with van der Waals surface area (Å²) < 4.78 is 0. The van der Waals surface area contributed by atoms with Gasteiger partial charge in [-0.3, -0.25) is 4.98 Å². The zero-order valence-electron chi connectivity index (χ0n) is 8.29. The molecule has 16 heavy (non-hydrogen) atoms. The van der Waals surface area contributed by atoms with Crippen LogP contribution in [0.25, 0.3) is 0 Å². The van der Waals surface area contributed by atoms with Gasteiger partial charge in [0.05, 0.1) is 23.8 Å². The van der Waals surface area contributed by atoms with Crippen LogP contribution in [0.3, 0.4) is 0 Å². The Morgan fingerprint density at radius 1 is 1.25 bits per heavy atom. The van der Waals surface area contributed by atoms with Crippen LogP contribution in [-0.2, 0) is 0 Å². The highest BCUT2D eigenvalue weighted by molar-refractivity contribution is 7.80. The Hall–Kier alpha value is -2.08. The van der Waals surface area contributed by atoms with Gasteiger partial charge in [0.15, 0.2) is 0 Å². The molecule has 2 rings (SSSR count). The second-order valence-corrected chi connectivity index (χ2v) is 3.49. The van der Waals surface area contributed by atoms with Crippen LogP contribution >= 0.6 is 12.2 Å². The fourth-order valence-corrected chi connectivity index (χ4v) is 1.28. The number of nitrogens with zero attached hydrogens (tertiary/aromatic N) is 3. The van der Waals surface area contributed by atoms with Crippen LogP contribution < -0.4 is 11.1 Å². The van der Waals surface area contributed by atoms with Gasteiger partial charge in [-0.1, -0.05) is 12.2 Å². The van der Waals surface area contributed by atoms with Gasteiger partial charge in [-0.2, -0.15) is 0 Å². The largest absolute Gasteiger partial charge is 0.388 e. The first-order chi connectivity index (χ1) is 7.75. The maximum absolute atomic E-state index is 5.49. The number of nitrogens with two attached hydrogens (primary N) is 1. The number of aromatic nitrogens is 3. The summed E-state index contributed by atoms with van der Waals surface area (Å²) in [5.41, 5.74) is 7.71. The van der Waals surface area contributed by atoms with Crippen molar-refractivity contribution >= 4 is 28.6 Å². The lowest BCUT2D eigenvalue weighted by Gasteiger charge is -2.06. The number of thiocarbonyl (C=S) groups is 1. The van der Waals surface area contributed by atoms with Gasteiger partial charge in [0.1, 0.15) is 11.3 Å². The molecular weight excluding hydrogens is 222 g/mol. The molecule has 0 atom stereocenters. The molecule has 0 unspecified atom stereocenters. The number of hydrogen-bond acceptors (Lipinski definition) is 5. The van der Waals surface area contributed by atoms with Crippen LogP contribution in [0.1, 0.15) is 5.69 Å². The maximum Gasteiger partial charge on any atom is 0.122 e. The summed E-state index contributed by atoms with van der Waals surface area (Å²) in [6, 6.07) is 3.59. The minimum absolute atomic E-state index is 0.271. The van der Waals surface area contributed by atoms with Crippen molar-refractivity contribution in [1.82, 2.24) is 15.0 Å². The summed E-state index contributed by atoms with van der Waals surface area (Å²) in [6.07, 6.45) is 6.46. The molecule has 0 fully saturated rings. The highest BCUT2D eigenvalue weighted by Crippen LogP contribution is 2.14. The molecule has 0 aromatic carbocycles. The van der Waals surface area contributed by atoms with Crippen LogP contribution in [0, 0.1) is 0 Å². The molecule has 6 heteroatoms. The zero-order chi connectivity index (χ0) is 11.4. The number of anilines is 2. The Labute approximate surface area is 97.8 Å². The van der Waals surface area contributed by atoms with Crippen LogP contribution in [0.4, 0.5) is 11.4 Å². The lowest BCUT2D eigenvalue weighted by Crippen LogP contribution is -2.11. The van der Waals surface area contributed by atoms with Crippen LogP contribution in [0.2, 0.25) is 0 Å². The summed E-state index contributed by atoms with van der Waals surface area (Å²) in [5, 5.41) is 3.12. The van der Waals surface area contributed by atoms with Crippen LogP contribution in [0.15, 0.2) is 37.1 Å². The zero-order valence-corrected chi connectivity index (χ0v) is 9.11. The van der Waals surface area contributed by atoms with Gasteiger partial charge < -0.3 is 11.1 Å². The van der Waals surface area contributed by atoms with Crippen molar-refractivity contribution in [2.24, 2.45) is 5.73 Å². The van der Waals surface area contributed by atoms with Gasteiger partial charge in [0, 0.05) is 11.9 Å². The van der Waals surface area contributed by atoms with Crippen molar-refractivity contribution in [2.45, 2.75) is 0 Å².